The molecule has 3 aromatic rings. The van der Waals surface area contributed by atoms with Crippen LogP contribution in [0.3, 0.4) is 0 Å². The number of ether oxygens (including phenoxy) is 1. The van der Waals surface area contributed by atoms with Gasteiger partial charge >= 0.3 is 0 Å². The number of aryl methyl sites for hydroxylation is 2. The van der Waals surface area contributed by atoms with Gasteiger partial charge in [0.1, 0.15) is 11.6 Å². The van der Waals surface area contributed by atoms with E-state index >= 15 is 0 Å². The second kappa shape index (κ2) is 7.46. The molecule has 0 spiro atoms. The SMILES string of the molecule is Cc1ccc(OCC(=O)N2CCc3noc(-c4ccc(F)cc4)c3C2)cc1C. The summed E-state index contributed by atoms with van der Waals surface area (Å²) in [4.78, 5) is 14.4. The van der Waals surface area contributed by atoms with Crippen LogP contribution >= 0.6 is 0 Å². The van der Waals surface area contributed by atoms with Gasteiger partial charge in [-0.15, -0.1) is 0 Å². The summed E-state index contributed by atoms with van der Waals surface area (Å²) in [6, 6.07) is 11.9. The van der Waals surface area contributed by atoms with Gasteiger partial charge in [0, 0.05) is 24.1 Å². The number of carbonyl (C=O) groups is 1. The standard InChI is InChI=1S/C22H21FN2O3/c1-14-3-8-18(11-15(14)2)27-13-21(26)25-10-9-20-19(12-25)22(28-24-20)16-4-6-17(23)7-5-16/h3-8,11H,9-10,12-13H2,1-2H3. The van der Waals surface area contributed by atoms with E-state index in [9.17, 15) is 9.18 Å². The number of aromatic nitrogens is 1. The number of carbonyl (C=O) groups excluding carboxylic acids is 1. The lowest BCUT2D eigenvalue weighted by atomic mass is 10.0. The van der Waals surface area contributed by atoms with Crippen LogP contribution in [-0.4, -0.2) is 29.1 Å². The summed E-state index contributed by atoms with van der Waals surface area (Å²) in [5, 5.41) is 4.12. The quantitative estimate of drug-likeness (QED) is 0.685. The first kappa shape index (κ1) is 18.2. The predicted octanol–water partition coefficient (Wildman–Crippen LogP) is 4.06. The summed E-state index contributed by atoms with van der Waals surface area (Å²) in [5.74, 6) is 0.876. The van der Waals surface area contributed by atoms with E-state index in [1.165, 1.54) is 17.7 Å². The molecule has 1 amide bonds. The van der Waals surface area contributed by atoms with Crippen molar-refractivity contribution in [2.24, 2.45) is 0 Å². The molecule has 0 radical (unpaired) electrons. The van der Waals surface area contributed by atoms with E-state index in [0.29, 0.717) is 31.0 Å². The molecule has 5 nitrogen and oxygen atoms in total. The molecule has 2 heterocycles. The summed E-state index contributed by atoms with van der Waals surface area (Å²) >= 11 is 0. The zero-order valence-electron chi connectivity index (χ0n) is 15.9. The molecule has 0 saturated heterocycles. The highest BCUT2D eigenvalue weighted by atomic mass is 19.1. The number of benzene rings is 2. The van der Waals surface area contributed by atoms with Crippen molar-refractivity contribution in [3.05, 3.63) is 70.7 Å². The van der Waals surface area contributed by atoms with E-state index in [1.807, 2.05) is 32.0 Å². The number of hydrogen-bond acceptors (Lipinski definition) is 4. The molecule has 1 aliphatic heterocycles. The van der Waals surface area contributed by atoms with Crippen molar-refractivity contribution in [2.45, 2.75) is 26.8 Å². The van der Waals surface area contributed by atoms with E-state index in [4.69, 9.17) is 9.26 Å². The third kappa shape index (κ3) is 3.63. The number of hydrogen-bond donors (Lipinski definition) is 0. The summed E-state index contributed by atoms with van der Waals surface area (Å²) in [6.07, 6.45) is 0.620. The lowest BCUT2D eigenvalue weighted by Gasteiger charge is -2.26. The molecule has 2 aromatic carbocycles. The van der Waals surface area contributed by atoms with E-state index in [2.05, 4.69) is 5.16 Å². The van der Waals surface area contributed by atoms with Gasteiger partial charge in [0.25, 0.3) is 5.91 Å². The monoisotopic (exact) mass is 380 g/mol. The fourth-order valence-electron chi connectivity index (χ4n) is 3.29. The topological polar surface area (TPSA) is 55.6 Å². The largest absolute Gasteiger partial charge is 0.484 e. The molecular weight excluding hydrogens is 359 g/mol. The van der Waals surface area contributed by atoms with E-state index in [-0.39, 0.29) is 18.3 Å². The van der Waals surface area contributed by atoms with Crippen LogP contribution in [0.25, 0.3) is 11.3 Å². The first-order valence-electron chi connectivity index (χ1n) is 9.22. The van der Waals surface area contributed by atoms with Crippen molar-refractivity contribution in [3.63, 3.8) is 0 Å². The maximum absolute atomic E-state index is 13.2. The Morgan fingerprint density at radius 2 is 1.96 bits per heavy atom. The van der Waals surface area contributed by atoms with Gasteiger partial charge in [-0.3, -0.25) is 4.79 Å². The molecule has 0 aliphatic carbocycles. The molecule has 0 saturated carbocycles. The van der Waals surface area contributed by atoms with Crippen LogP contribution in [0.5, 0.6) is 5.75 Å². The van der Waals surface area contributed by atoms with Gasteiger partial charge < -0.3 is 14.2 Å². The van der Waals surface area contributed by atoms with Crippen molar-refractivity contribution in [3.8, 4) is 17.1 Å². The average molecular weight is 380 g/mol. The summed E-state index contributed by atoms with van der Waals surface area (Å²) in [5.41, 5.74) is 4.77. The van der Waals surface area contributed by atoms with Crippen LogP contribution in [0.2, 0.25) is 0 Å². The van der Waals surface area contributed by atoms with E-state index in [0.717, 1.165) is 22.4 Å². The first-order chi connectivity index (χ1) is 13.5. The van der Waals surface area contributed by atoms with Gasteiger partial charge in [-0.05, 0) is 61.4 Å². The zero-order valence-corrected chi connectivity index (χ0v) is 15.9. The Labute approximate surface area is 162 Å². The fourth-order valence-corrected chi connectivity index (χ4v) is 3.29. The molecule has 0 N–H and O–H groups in total. The van der Waals surface area contributed by atoms with Crippen molar-refractivity contribution >= 4 is 5.91 Å². The van der Waals surface area contributed by atoms with E-state index < -0.39 is 0 Å². The van der Waals surface area contributed by atoms with Crippen LogP contribution in [0.4, 0.5) is 4.39 Å². The maximum Gasteiger partial charge on any atom is 0.260 e. The maximum atomic E-state index is 13.2. The van der Waals surface area contributed by atoms with Gasteiger partial charge in [-0.2, -0.15) is 0 Å². The first-order valence-corrected chi connectivity index (χ1v) is 9.22. The molecule has 0 bridgehead atoms. The summed E-state index contributed by atoms with van der Waals surface area (Å²) < 4.78 is 24.4. The Bertz CT molecular complexity index is 1010. The van der Waals surface area contributed by atoms with Crippen LogP contribution in [0, 0.1) is 19.7 Å². The van der Waals surface area contributed by atoms with Crippen LogP contribution in [-0.2, 0) is 17.8 Å². The molecule has 6 heteroatoms. The van der Waals surface area contributed by atoms with E-state index in [1.54, 1.807) is 17.0 Å². The van der Waals surface area contributed by atoms with Gasteiger partial charge in [0.05, 0.1) is 12.2 Å². The molecule has 28 heavy (non-hydrogen) atoms. The Morgan fingerprint density at radius 3 is 2.71 bits per heavy atom. The average Bonchev–Trinajstić information content (AvgIpc) is 3.12. The number of fused-ring (bicyclic) bond motifs is 1. The highest BCUT2D eigenvalue weighted by molar-refractivity contribution is 5.78. The molecule has 0 fully saturated rings. The Hall–Kier alpha value is -3.15. The van der Waals surface area contributed by atoms with Crippen molar-refractivity contribution in [1.82, 2.24) is 10.1 Å². The fraction of sp³-hybridized carbons (Fsp3) is 0.273. The van der Waals surface area contributed by atoms with Gasteiger partial charge in [-0.1, -0.05) is 11.2 Å². The second-order valence-corrected chi connectivity index (χ2v) is 7.04. The lowest BCUT2D eigenvalue weighted by molar-refractivity contribution is -0.134. The van der Waals surface area contributed by atoms with Crippen molar-refractivity contribution in [2.75, 3.05) is 13.2 Å². The normalized spacial score (nSPS) is 13.3. The van der Waals surface area contributed by atoms with Crippen LogP contribution in [0.1, 0.15) is 22.4 Å². The van der Waals surface area contributed by atoms with Gasteiger partial charge in [-0.25, -0.2) is 4.39 Å². The van der Waals surface area contributed by atoms with Crippen LogP contribution < -0.4 is 4.74 Å². The Kier molecular flexibility index (Phi) is 4.86. The molecule has 1 aromatic heterocycles. The highest BCUT2D eigenvalue weighted by Crippen LogP contribution is 2.30. The Balaban J connectivity index is 1.45. The Morgan fingerprint density at radius 1 is 1.18 bits per heavy atom. The number of nitrogens with zero attached hydrogens (tertiary/aromatic N) is 2. The van der Waals surface area contributed by atoms with Crippen molar-refractivity contribution in [1.29, 1.82) is 0 Å². The number of halogens is 1. The van der Waals surface area contributed by atoms with Gasteiger partial charge in [0.2, 0.25) is 0 Å². The van der Waals surface area contributed by atoms with Gasteiger partial charge in [0.15, 0.2) is 12.4 Å². The molecule has 0 atom stereocenters. The predicted molar refractivity (Wildman–Crippen MR) is 102 cm³/mol. The molecular formula is C22H21FN2O3. The highest BCUT2D eigenvalue weighted by Gasteiger charge is 2.27. The minimum atomic E-state index is -0.308. The number of amides is 1. The summed E-state index contributed by atoms with van der Waals surface area (Å²) in [6.45, 7) is 5.00. The van der Waals surface area contributed by atoms with Crippen LogP contribution in [0.15, 0.2) is 47.0 Å². The molecule has 144 valence electrons. The lowest BCUT2D eigenvalue weighted by Crippen LogP contribution is -2.38. The molecule has 1 aliphatic rings. The minimum absolute atomic E-state index is 0.0189. The third-order valence-electron chi connectivity index (χ3n) is 5.14. The third-order valence-corrected chi connectivity index (χ3v) is 5.14. The summed E-state index contributed by atoms with van der Waals surface area (Å²) in [7, 11) is 0. The smallest absolute Gasteiger partial charge is 0.260 e. The molecule has 0 unspecified atom stereocenters. The molecule has 4 rings (SSSR count). The number of rotatable bonds is 4. The van der Waals surface area contributed by atoms with Crippen molar-refractivity contribution < 1.29 is 18.4 Å². The zero-order chi connectivity index (χ0) is 19.7. The second-order valence-electron chi connectivity index (χ2n) is 7.04. The minimum Gasteiger partial charge on any atom is -0.484 e.